The number of nitrogens with zero attached hydrogens (tertiary/aromatic N) is 3. The third-order valence-corrected chi connectivity index (χ3v) is 4.76. The highest BCUT2D eigenvalue weighted by Gasteiger charge is 2.34. The predicted octanol–water partition coefficient (Wildman–Crippen LogP) is 5.78. The van der Waals surface area contributed by atoms with E-state index < -0.39 is 11.9 Å². The summed E-state index contributed by atoms with van der Waals surface area (Å²) in [6.45, 7) is 7.94. The Hall–Kier alpha value is -1.89. The van der Waals surface area contributed by atoms with Crippen LogP contribution < -0.4 is 0 Å². The molecule has 7 heteroatoms. The van der Waals surface area contributed by atoms with Gasteiger partial charge in [-0.15, -0.1) is 0 Å². The third-order valence-electron chi connectivity index (χ3n) is 4.03. The number of benzene rings is 1. The van der Waals surface area contributed by atoms with E-state index in [1.807, 2.05) is 24.3 Å². The lowest BCUT2D eigenvalue weighted by molar-refractivity contribution is -0.141. The number of alkyl halides is 3. The molecule has 0 radical (unpaired) electrons. The molecule has 2 aromatic heterocycles. The minimum atomic E-state index is -4.50. The van der Waals surface area contributed by atoms with Gasteiger partial charge in [-0.25, -0.2) is 9.50 Å². The molecule has 0 unspecified atom stereocenters. The zero-order chi connectivity index (χ0) is 18.6. The van der Waals surface area contributed by atoms with Crippen molar-refractivity contribution in [2.75, 3.05) is 0 Å². The lowest BCUT2D eigenvalue weighted by atomic mass is 9.86. The summed E-state index contributed by atoms with van der Waals surface area (Å²) < 4.78 is 40.9. The van der Waals surface area contributed by atoms with Crippen molar-refractivity contribution in [1.29, 1.82) is 0 Å². The summed E-state index contributed by atoms with van der Waals surface area (Å²) in [4.78, 5) is 3.74. The van der Waals surface area contributed by atoms with E-state index >= 15 is 0 Å². The Morgan fingerprint density at radius 3 is 2.16 bits per heavy atom. The molecule has 0 spiro atoms. The molecule has 0 amide bonds. The topological polar surface area (TPSA) is 30.2 Å². The molecule has 0 atom stereocenters. The number of rotatable bonds is 1. The van der Waals surface area contributed by atoms with Gasteiger partial charge in [-0.3, -0.25) is 0 Å². The highest BCUT2D eigenvalue weighted by molar-refractivity contribution is 9.10. The minimum absolute atomic E-state index is 0.0223. The quantitative estimate of drug-likeness (QED) is 0.507. The second kappa shape index (κ2) is 5.83. The molecule has 3 aromatic rings. The molecule has 0 aliphatic rings. The largest absolute Gasteiger partial charge is 0.433 e. The summed E-state index contributed by atoms with van der Waals surface area (Å²) in [5, 5.41) is 4.44. The maximum absolute atomic E-state index is 13.0. The van der Waals surface area contributed by atoms with E-state index in [1.54, 1.807) is 6.92 Å². The smallest absolute Gasteiger partial charge is 0.223 e. The van der Waals surface area contributed by atoms with Crippen LogP contribution >= 0.6 is 15.9 Å². The molecule has 132 valence electrons. The van der Waals surface area contributed by atoms with Crippen LogP contribution in [0.3, 0.4) is 0 Å². The lowest BCUT2D eigenvalue weighted by Gasteiger charge is -2.18. The van der Waals surface area contributed by atoms with E-state index in [0.29, 0.717) is 15.9 Å². The van der Waals surface area contributed by atoms with E-state index in [0.717, 1.165) is 11.6 Å². The van der Waals surface area contributed by atoms with Crippen LogP contribution in [0.5, 0.6) is 0 Å². The first-order valence-corrected chi connectivity index (χ1v) is 8.52. The Balaban J connectivity index is 2.15. The fraction of sp³-hybridized carbons (Fsp3) is 0.333. The van der Waals surface area contributed by atoms with Gasteiger partial charge in [-0.05, 0) is 39.9 Å². The van der Waals surface area contributed by atoms with E-state index in [9.17, 15) is 13.2 Å². The molecule has 0 saturated heterocycles. The van der Waals surface area contributed by atoms with E-state index in [2.05, 4.69) is 46.8 Å². The van der Waals surface area contributed by atoms with Crippen LogP contribution in [-0.4, -0.2) is 14.6 Å². The van der Waals surface area contributed by atoms with Gasteiger partial charge in [0.25, 0.3) is 0 Å². The maximum atomic E-state index is 13.0. The Morgan fingerprint density at radius 1 is 1.04 bits per heavy atom. The number of aryl methyl sites for hydroxylation is 1. The molecule has 0 fully saturated rings. The van der Waals surface area contributed by atoms with E-state index in [-0.39, 0.29) is 11.1 Å². The van der Waals surface area contributed by atoms with Gasteiger partial charge in [0.2, 0.25) is 0 Å². The Morgan fingerprint density at radius 2 is 1.64 bits per heavy atom. The Bertz CT molecular complexity index is 935. The third kappa shape index (κ3) is 3.29. The maximum Gasteiger partial charge on any atom is 0.433 e. The summed E-state index contributed by atoms with van der Waals surface area (Å²) in [7, 11) is 0. The highest BCUT2D eigenvalue weighted by atomic mass is 79.9. The first-order chi connectivity index (χ1) is 11.5. The predicted molar refractivity (Wildman–Crippen MR) is 94.6 cm³/mol. The van der Waals surface area contributed by atoms with Gasteiger partial charge in [-0.1, -0.05) is 45.0 Å². The van der Waals surface area contributed by atoms with Crippen LogP contribution in [-0.2, 0) is 11.6 Å². The summed E-state index contributed by atoms with van der Waals surface area (Å²) >= 11 is 3.37. The van der Waals surface area contributed by atoms with Crippen LogP contribution in [0.4, 0.5) is 13.2 Å². The average molecular weight is 412 g/mol. The number of halogens is 4. The van der Waals surface area contributed by atoms with Crippen molar-refractivity contribution in [3.8, 4) is 11.3 Å². The zero-order valence-corrected chi connectivity index (χ0v) is 15.8. The van der Waals surface area contributed by atoms with Crippen LogP contribution in [0.2, 0.25) is 0 Å². The van der Waals surface area contributed by atoms with Crippen molar-refractivity contribution < 1.29 is 13.2 Å². The first kappa shape index (κ1) is 17.9. The van der Waals surface area contributed by atoms with Crippen LogP contribution in [0, 0.1) is 6.92 Å². The van der Waals surface area contributed by atoms with Crippen molar-refractivity contribution in [2.45, 2.75) is 39.3 Å². The summed E-state index contributed by atoms with van der Waals surface area (Å²) in [5.41, 5.74) is 2.18. The number of aromatic nitrogens is 3. The standard InChI is InChI=1S/C18H17BrF3N3/c1-10-9-13(18(20,21)22)23-16-14(19)15(24-25(10)16)11-5-7-12(8-6-11)17(2,3)4/h5-9H,1-4H3. The molecule has 25 heavy (non-hydrogen) atoms. The molecular formula is C18H17BrF3N3. The molecule has 0 saturated carbocycles. The molecule has 0 N–H and O–H groups in total. The van der Waals surface area contributed by atoms with Gasteiger partial charge in [0.1, 0.15) is 11.4 Å². The van der Waals surface area contributed by atoms with Gasteiger partial charge in [0.05, 0.1) is 4.47 Å². The van der Waals surface area contributed by atoms with Crippen molar-refractivity contribution in [3.05, 3.63) is 51.8 Å². The summed E-state index contributed by atoms with van der Waals surface area (Å²) in [6.07, 6.45) is -4.50. The summed E-state index contributed by atoms with van der Waals surface area (Å²) in [6, 6.07) is 8.86. The van der Waals surface area contributed by atoms with E-state index in [4.69, 9.17) is 0 Å². The fourth-order valence-electron chi connectivity index (χ4n) is 2.60. The van der Waals surface area contributed by atoms with E-state index in [1.165, 1.54) is 10.1 Å². The molecule has 2 heterocycles. The van der Waals surface area contributed by atoms with Crippen molar-refractivity contribution in [2.24, 2.45) is 0 Å². The molecule has 3 rings (SSSR count). The Kier molecular flexibility index (Phi) is 4.18. The molecule has 3 nitrogen and oxygen atoms in total. The Labute approximate surface area is 152 Å². The SMILES string of the molecule is Cc1cc(C(F)(F)F)nc2c(Br)c(-c3ccc(C(C)(C)C)cc3)nn12. The van der Waals surface area contributed by atoms with Gasteiger partial charge < -0.3 is 0 Å². The monoisotopic (exact) mass is 411 g/mol. The van der Waals surface area contributed by atoms with Crippen LogP contribution in [0.15, 0.2) is 34.8 Å². The normalized spacial score (nSPS) is 12.8. The van der Waals surface area contributed by atoms with Gasteiger partial charge in [0.15, 0.2) is 5.65 Å². The van der Waals surface area contributed by atoms with Gasteiger partial charge in [-0.2, -0.15) is 18.3 Å². The highest BCUT2D eigenvalue weighted by Crippen LogP contribution is 2.35. The molecule has 0 bridgehead atoms. The number of hydrogen-bond acceptors (Lipinski definition) is 2. The lowest BCUT2D eigenvalue weighted by Crippen LogP contribution is -2.10. The van der Waals surface area contributed by atoms with Crippen molar-refractivity contribution >= 4 is 21.6 Å². The minimum Gasteiger partial charge on any atom is -0.223 e. The second-order valence-electron chi connectivity index (χ2n) is 7.01. The number of fused-ring (bicyclic) bond motifs is 1. The molecule has 0 aliphatic carbocycles. The first-order valence-electron chi connectivity index (χ1n) is 7.72. The zero-order valence-electron chi connectivity index (χ0n) is 14.2. The van der Waals surface area contributed by atoms with Crippen LogP contribution in [0.25, 0.3) is 16.9 Å². The molecule has 0 aliphatic heterocycles. The van der Waals surface area contributed by atoms with Gasteiger partial charge >= 0.3 is 6.18 Å². The average Bonchev–Trinajstić information content (AvgIpc) is 2.84. The summed E-state index contributed by atoms with van der Waals surface area (Å²) in [5.74, 6) is 0. The fourth-order valence-corrected chi connectivity index (χ4v) is 3.16. The van der Waals surface area contributed by atoms with Gasteiger partial charge in [0, 0.05) is 11.3 Å². The van der Waals surface area contributed by atoms with Crippen molar-refractivity contribution in [1.82, 2.24) is 14.6 Å². The molecule has 1 aromatic carbocycles. The van der Waals surface area contributed by atoms with Crippen molar-refractivity contribution in [3.63, 3.8) is 0 Å². The molecular weight excluding hydrogens is 395 g/mol. The van der Waals surface area contributed by atoms with Crippen LogP contribution in [0.1, 0.15) is 37.7 Å². The number of hydrogen-bond donors (Lipinski definition) is 0. The second-order valence-corrected chi connectivity index (χ2v) is 7.80.